The zero-order chi connectivity index (χ0) is 11.6. The number of hydrogen-bond donors (Lipinski definition) is 4. The average molecular weight is 300 g/mol. The molecule has 1 fully saturated rings. The summed E-state index contributed by atoms with van der Waals surface area (Å²) in [7, 11) is 1.50. The fourth-order valence-corrected chi connectivity index (χ4v) is 5.97. The van der Waals surface area contributed by atoms with Crippen LogP contribution < -0.4 is 0 Å². The topological polar surface area (TPSA) is 90.2 Å². The van der Waals surface area contributed by atoms with Crippen molar-refractivity contribution in [3.63, 3.8) is 0 Å². The zero-order valence-corrected chi connectivity index (χ0v) is 11.3. The monoisotopic (exact) mass is 300 g/mol. The molecule has 1 aliphatic heterocycles. The second-order valence-corrected chi connectivity index (χ2v) is 12.8. The summed E-state index contributed by atoms with van der Waals surface area (Å²) < 4.78 is 5.33. The van der Waals surface area contributed by atoms with E-state index in [-0.39, 0.29) is 6.61 Å². The summed E-state index contributed by atoms with van der Waals surface area (Å²) >= 11 is -1.07. The predicted molar refractivity (Wildman–Crippen MR) is 58.8 cm³/mol. The Bertz CT molecular complexity index is 203. The molecule has 0 spiro atoms. The minimum atomic E-state index is -1.25. The third kappa shape index (κ3) is 3.33. The average Bonchev–Trinajstić information content (AvgIpc) is 2.18. The van der Waals surface area contributed by atoms with Gasteiger partial charge in [0.1, 0.15) is 0 Å². The molecule has 4 N–H and O–H groups in total. The Morgan fingerprint density at radius 3 is 2.20 bits per heavy atom. The molecular formula is C8H17AsO5S. The SMILES string of the molecule is C[As](C)S[C@@H]1O[C@H](CO)[C@@H](O)[C@H](O)[C@H]1O. The fraction of sp³-hybridized carbons (Fsp3) is 1.00. The Morgan fingerprint density at radius 2 is 1.73 bits per heavy atom. The van der Waals surface area contributed by atoms with Crippen LogP contribution >= 0.6 is 10.0 Å². The van der Waals surface area contributed by atoms with Gasteiger partial charge in [0.2, 0.25) is 0 Å². The summed E-state index contributed by atoms with van der Waals surface area (Å²) in [5.41, 5.74) is 3.62. The molecule has 5 nitrogen and oxygen atoms in total. The molecule has 0 aliphatic carbocycles. The van der Waals surface area contributed by atoms with Crippen molar-refractivity contribution in [3.8, 4) is 0 Å². The van der Waals surface area contributed by atoms with Gasteiger partial charge in [-0.05, 0) is 0 Å². The summed E-state index contributed by atoms with van der Waals surface area (Å²) in [6, 6.07) is 0. The van der Waals surface area contributed by atoms with Gasteiger partial charge in [-0.3, -0.25) is 0 Å². The van der Waals surface area contributed by atoms with Crippen molar-refractivity contribution in [3.05, 3.63) is 0 Å². The second-order valence-electron chi connectivity index (χ2n) is 3.62. The predicted octanol–water partition coefficient (Wildman–Crippen LogP) is -1.23. The maximum atomic E-state index is 9.66. The van der Waals surface area contributed by atoms with Gasteiger partial charge in [-0.1, -0.05) is 0 Å². The number of aliphatic hydroxyl groups excluding tert-OH is 4. The molecule has 0 bridgehead atoms. The summed E-state index contributed by atoms with van der Waals surface area (Å²) in [5.74, 6) is 0. The second kappa shape index (κ2) is 5.87. The molecule has 0 aromatic carbocycles. The van der Waals surface area contributed by atoms with Crippen molar-refractivity contribution in [2.45, 2.75) is 41.3 Å². The molecule has 0 unspecified atom stereocenters. The Labute approximate surface area is 96.7 Å². The van der Waals surface area contributed by atoms with Gasteiger partial charge in [-0.2, -0.15) is 0 Å². The van der Waals surface area contributed by atoms with Crippen molar-refractivity contribution in [2.24, 2.45) is 0 Å². The first-order valence-electron chi connectivity index (χ1n) is 4.62. The Kier molecular flexibility index (Phi) is 5.39. The van der Waals surface area contributed by atoms with E-state index in [2.05, 4.69) is 11.4 Å². The van der Waals surface area contributed by atoms with Gasteiger partial charge >= 0.3 is 96.6 Å². The van der Waals surface area contributed by atoms with Crippen LogP contribution in [0.15, 0.2) is 0 Å². The van der Waals surface area contributed by atoms with E-state index in [1.54, 1.807) is 0 Å². The molecule has 1 aliphatic rings. The third-order valence-corrected chi connectivity index (χ3v) is 7.14. The van der Waals surface area contributed by atoms with Crippen molar-refractivity contribution in [2.75, 3.05) is 6.61 Å². The van der Waals surface area contributed by atoms with Gasteiger partial charge < -0.3 is 0 Å². The normalized spacial score (nSPS) is 42.2. The van der Waals surface area contributed by atoms with Crippen molar-refractivity contribution in [1.29, 1.82) is 0 Å². The summed E-state index contributed by atoms with van der Waals surface area (Å²) in [6.07, 6.45) is -4.38. The van der Waals surface area contributed by atoms with Gasteiger partial charge in [-0.15, -0.1) is 0 Å². The minimum absolute atomic E-state index is 0.359. The number of hydrogen-bond acceptors (Lipinski definition) is 6. The Hall–Kier alpha value is 0.708. The molecule has 7 heteroatoms. The Morgan fingerprint density at radius 1 is 1.13 bits per heavy atom. The van der Waals surface area contributed by atoms with Crippen LogP contribution in [0.1, 0.15) is 0 Å². The molecule has 0 saturated carbocycles. The van der Waals surface area contributed by atoms with Crippen LogP contribution in [-0.4, -0.2) is 70.4 Å². The van der Waals surface area contributed by atoms with E-state index in [1.165, 1.54) is 10.0 Å². The van der Waals surface area contributed by atoms with Crippen molar-refractivity contribution in [1.82, 2.24) is 0 Å². The van der Waals surface area contributed by atoms with Crippen LogP contribution in [0.2, 0.25) is 11.4 Å². The molecule has 1 rings (SSSR count). The zero-order valence-electron chi connectivity index (χ0n) is 8.65. The van der Waals surface area contributed by atoms with E-state index in [9.17, 15) is 15.3 Å². The van der Waals surface area contributed by atoms with E-state index < -0.39 is 43.3 Å². The summed E-state index contributed by atoms with van der Waals surface area (Å²) in [6.45, 7) is -0.359. The van der Waals surface area contributed by atoms with Gasteiger partial charge in [-0.25, -0.2) is 0 Å². The van der Waals surface area contributed by atoms with Crippen molar-refractivity contribution >= 4 is 23.5 Å². The van der Waals surface area contributed by atoms with Gasteiger partial charge in [0.15, 0.2) is 0 Å². The van der Waals surface area contributed by atoms with Gasteiger partial charge in [0, 0.05) is 0 Å². The molecule has 0 aromatic heterocycles. The van der Waals surface area contributed by atoms with E-state index in [0.29, 0.717) is 0 Å². The van der Waals surface area contributed by atoms with Crippen LogP contribution in [0.3, 0.4) is 0 Å². The van der Waals surface area contributed by atoms with E-state index in [1.807, 2.05) is 0 Å². The quantitative estimate of drug-likeness (QED) is 0.488. The first-order valence-corrected chi connectivity index (χ1v) is 11.5. The summed E-state index contributed by atoms with van der Waals surface area (Å²) in [5, 5.41) is 37.6. The van der Waals surface area contributed by atoms with Crippen LogP contribution in [0.4, 0.5) is 0 Å². The first kappa shape index (κ1) is 13.8. The standard InChI is InChI=1S/C8H17AsO5S/c1-9(2)15-8-7(13)6(12)5(11)4(3-10)14-8/h4-8,10-13H,3H2,1-2H3/t4-,5-,6+,7-,8+/m1/s1. The van der Waals surface area contributed by atoms with Crippen LogP contribution in [0, 0.1) is 0 Å². The molecule has 90 valence electrons. The molecular weight excluding hydrogens is 283 g/mol. The molecule has 0 radical (unpaired) electrons. The van der Waals surface area contributed by atoms with Crippen LogP contribution in [-0.2, 0) is 4.74 Å². The maximum absolute atomic E-state index is 9.66. The third-order valence-electron chi connectivity index (χ3n) is 2.16. The van der Waals surface area contributed by atoms with E-state index in [0.717, 1.165) is 0 Å². The molecule has 5 atom stereocenters. The molecule has 15 heavy (non-hydrogen) atoms. The van der Waals surface area contributed by atoms with E-state index >= 15 is 0 Å². The molecule has 1 heterocycles. The first-order chi connectivity index (χ1) is 6.97. The van der Waals surface area contributed by atoms with Crippen LogP contribution in [0.5, 0.6) is 0 Å². The van der Waals surface area contributed by atoms with Gasteiger partial charge in [0.05, 0.1) is 0 Å². The Balaban J connectivity index is 2.65. The van der Waals surface area contributed by atoms with Crippen LogP contribution in [0.25, 0.3) is 0 Å². The summed E-state index contributed by atoms with van der Waals surface area (Å²) in [4.78, 5) is 0. The molecule has 1 saturated heterocycles. The fourth-order valence-electron chi connectivity index (χ4n) is 1.36. The van der Waals surface area contributed by atoms with Crippen molar-refractivity contribution < 1.29 is 25.2 Å². The van der Waals surface area contributed by atoms with Gasteiger partial charge in [0.25, 0.3) is 0 Å². The number of aliphatic hydroxyl groups is 4. The number of ether oxygens (including phenoxy) is 1. The molecule has 0 aromatic rings. The number of rotatable bonds is 3. The molecule has 0 amide bonds. The van der Waals surface area contributed by atoms with E-state index in [4.69, 9.17) is 9.84 Å².